The van der Waals surface area contributed by atoms with Crippen LogP contribution in [-0.2, 0) is 0 Å². The van der Waals surface area contributed by atoms with Gasteiger partial charge in [-0.25, -0.2) is 4.98 Å². The zero-order chi connectivity index (χ0) is 16.5. The van der Waals surface area contributed by atoms with Crippen LogP contribution in [-0.4, -0.2) is 4.98 Å². The van der Waals surface area contributed by atoms with Gasteiger partial charge in [0.25, 0.3) is 0 Å². The van der Waals surface area contributed by atoms with Crippen molar-refractivity contribution < 1.29 is 8.83 Å². The molecule has 0 spiro atoms. The highest BCUT2D eigenvalue weighted by Crippen LogP contribution is 2.43. The van der Waals surface area contributed by atoms with Crippen LogP contribution in [0.2, 0.25) is 5.02 Å². The van der Waals surface area contributed by atoms with Crippen molar-refractivity contribution in [1.82, 2.24) is 4.98 Å². The van der Waals surface area contributed by atoms with Crippen molar-refractivity contribution in [3.05, 3.63) is 65.7 Å². The van der Waals surface area contributed by atoms with E-state index in [1.165, 1.54) is 0 Å². The Morgan fingerprint density at radius 2 is 1.40 bits per heavy atom. The lowest BCUT2D eigenvalue weighted by molar-refractivity contribution is 0.623. The normalized spacial score (nSPS) is 12.2. The van der Waals surface area contributed by atoms with Crippen molar-refractivity contribution >= 4 is 55.4 Å². The van der Waals surface area contributed by atoms with Crippen molar-refractivity contribution in [1.29, 1.82) is 0 Å². The summed E-state index contributed by atoms with van der Waals surface area (Å²) in [5.41, 5.74) is 4.30. The molecule has 0 saturated heterocycles. The van der Waals surface area contributed by atoms with Gasteiger partial charge in [-0.1, -0.05) is 35.9 Å². The molecule has 6 aromatic rings. The molecule has 0 saturated carbocycles. The molecule has 0 aliphatic heterocycles. The Labute approximate surface area is 146 Å². The van der Waals surface area contributed by atoms with Gasteiger partial charge in [0.1, 0.15) is 16.7 Å². The highest BCUT2D eigenvalue weighted by atomic mass is 35.5. The van der Waals surface area contributed by atoms with Crippen molar-refractivity contribution in [3.8, 4) is 11.5 Å². The molecule has 3 nitrogen and oxygen atoms in total. The second kappa shape index (κ2) is 4.52. The van der Waals surface area contributed by atoms with Crippen molar-refractivity contribution in [2.75, 3.05) is 0 Å². The molecule has 118 valence electrons. The van der Waals surface area contributed by atoms with E-state index in [1.807, 2.05) is 48.5 Å². The van der Waals surface area contributed by atoms with Gasteiger partial charge in [-0.05, 0) is 36.4 Å². The predicted octanol–water partition coefficient (Wildman–Crippen LogP) is 6.64. The van der Waals surface area contributed by atoms with Gasteiger partial charge in [0.05, 0.1) is 0 Å². The first-order valence-electron chi connectivity index (χ1n) is 8.01. The maximum Gasteiger partial charge on any atom is 0.227 e. The van der Waals surface area contributed by atoms with Crippen molar-refractivity contribution in [2.24, 2.45) is 0 Å². The number of oxazole rings is 1. The number of fused-ring (bicyclic) bond motifs is 3. The van der Waals surface area contributed by atoms with Gasteiger partial charge in [0.2, 0.25) is 5.89 Å². The van der Waals surface area contributed by atoms with Crippen LogP contribution in [0.25, 0.3) is 55.3 Å². The number of rotatable bonds is 1. The average Bonchev–Trinajstić information content (AvgIpc) is 3.24. The number of nitrogens with zero attached hydrogens (tertiary/aromatic N) is 1. The molecule has 0 fully saturated rings. The minimum absolute atomic E-state index is 0.595. The van der Waals surface area contributed by atoms with Crippen LogP contribution in [0.3, 0.4) is 0 Å². The van der Waals surface area contributed by atoms with Gasteiger partial charge in [0.15, 0.2) is 5.58 Å². The molecule has 0 unspecified atom stereocenters. The Morgan fingerprint density at radius 3 is 2.16 bits per heavy atom. The highest BCUT2D eigenvalue weighted by Gasteiger charge is 2.20. The van der Waals surface area contributed by atoms with Crippen LogP contribution in [0.4, 0.5) is 0 Å². The Morgan fingerprint density at radius 1 is 0.720 bits per heavy atom. The van der Waals surface area contributed by atoms with Crippen LogP contribution in [0.1, 0.15) is 0 Å². The molecule has 4 aromatic carbocycles. The van der Waals surface area contributed by atoms with Gasteiger partial charge in [-0.3, -0.25) is 0 Å². The third-order valence-electron chi connectivity index (χ3n) is 4.74. The van der Waals surface area contributed by atoms with E-state index < -0.39 is 0 Å². The Kier molecular flexibility index (Phi) is 2.40. The molecule has 0 radical (unpaired) electrons. The van der Waals surface area contributed by atoms with E-state index in [0.29, 0.717) is 10.9 Å². The summed E-state index contributed by atoms with van der Waals surface area (Å²) < 4.78 is 12.2. The maximum absolute atomic E-state index is 6.18. The number of aromatic nitrogens is 1. The van der Waals surface area contributed by atoms with Crippen molar-refractivity contribution in [3.63, 3.8) is 0 Å². The fourth-order valence-corrected chi connectivity index (χ4v) is 3.78. The van der Waals surface area contributed by atoms with E-state index in [0.717, 1.165) is 49.4 Å². The van der Waals surface area contributed by atoms with Crippen LogP contribution in [0.15, 0.2) is 69.5 Å². The van der Waals surface area contributed by atoms with E-state index in [2.05, 4.69) is 12.1 Å². The maximum atomic E-state index is 6.18. The number of halogens is 1. The zero-order valence-electron chi connectivity index (χ0n) is 12.9. The standard InChI is InChI=1S/C21H10ClNO2/c22-12-9-7-11(8-10-12)21-23-19-13-3-1-5-15-17(13)18-14(20(19)25-21)4-2-6-16(18)24-15/h1-10H. The monoisotopic (exact) mass is 343 g/mol. The molecule has 2 aromatic heterocycles. The molecule has 0 N–H and O–H groups in total. The minimum Gasteiger partial charge on any atom is -0.456 e. The van der Waals surface area contributed by atoms with Gasteiger partial charge in [0, 0.05) is 32.1 Å². The van der Waals surface area contributed by atoms with Crippen LogP contribution < -0.4 is 0 Å². The molecule has 4 heteroatoms. The SMILES string of the molecule is Clc1ccc(-c2nc3c4cccc5oc6cccc(c3o2)c6c54)cc1. The van der Waals surface area contributed by atoms with Gasteiger partial charge < -0.3 is 8.83 Å². The summed E-state index contributed by atoms with van der Waals surface area (Å²) in [6, 6.07) is 19.6. The van der Waals surface area contributed by atoms with Crippen LogP contribution in [0, 0.1) is 0 Å². The fraction of sp³-hybridized carbons (Fsp3) is 0. The van der Waals surface area contributed by atoms with Gasteiger partial charge in [-0.2, -0.15) is 0 Å². The Hall–Kier alpha value is -3.04. The molecule has 2 heterocycles. The molecule has 0 aliphatic carbocycles. The second-order valence-corrected chi connectivity index (χ2v) is 6.60. The Balaban J connectivity index is 1.82. The number of benzene rings is 4. The van der Waals surface area contributed by atoms with Crippen molar-refractivity contribution in [2.45, 2.75) is 0 Å². The third kappa shape index (κ3) is 1.68. The lowest BCUT2D eigenvalue weighted by Crippen LogP contribution is -1.79. The molecule has 0 bridgehead atoms. The van der Waals surface area contributed by atoms with Gasteiger partial charge >= 0.3 is 0 Å². The summed E-state index contributed by atoms with van der Waals surface area (Å²) in [5.74, 6) is 0.595. The van der Waals surface area contributed by atoms with Crippen LogP contribution in [0.5, 0.6) is 0 Å². The first-order chi connectivity index (χ1) is 12.3. The van der Waals surface area contributed by atoms with E-state index in [-0.39, 0.29) is 0 Å². The van der Waals surface area contributed by atoms with E-state index in [9.17, 15) is 0 Å². The third-order valence-corrected chi connectivity index (χ3v) is 4.99. The number of furan rings is 1. The summed E-state index contributed by atoms with van der Waals surface area (Å²) >= 11 is 5.99. The summed E-state index contributed by atoms with van der Waals surface area (Å²) in [7, 11) is 0. The summed E-state index contributed by atoms with van der Waals surface area (Å²) in [6.07, 6.45) is 0. The molecular weight excluding hydrogens is 334 g/mol. The van der Waals surface area contributed by atoms with Gasteiger partial charge in [-0.15, -0.1) is 0 Å². The number of hydrogen-bond acceptors (Lipinski definition) is 3. The quantitative estimate of drug-likeness (QED) is 0.314. The molecule has 0 aliphatic rings. The molecular formula is C21H10ClNO2. The van der Waals surface area contributed by atoms with E-state index >= 15 is 0 Å². The molecule has 0 atom stereocenters. The van der Waals surface area contributed by atoms with Crippen LogP contribution >= 0.6 is 11.6 Å². The van der Waals surface area contributed by atoms with E-state index in [1.54, 1.807) is 0 Å². The predicted molar refractivity (Wildman–Crippen MR) is 100 cm³/mol. The fourth-order valence-electron chi connectivity index (χ4n) is 3.65. The summed E-state index contributed by atoms with van der Waals surface area (Å²) in [5, 5.41) is 4.97. The lowest BCUT2D eigenvalue weighted by atomic mass is 10.0. The summed E-state index contributed by atoms with van der Waals surface area (Å²) in [4.78, 5) is 4.79. The zero-order valence-corrected chi connectivity index (χ0v) is 13.7. The molecule has 0 amide bonds. The first kappa shape index (κ1) is 13.3. The first-order valence-corrected chi connectivity index (χ1v) is 8.39. The highest BCUT2D eigenvalue weighted by molar-refractivity contribution is 6.31. The lowest BCUT2D eigenvalue weighted by Gasteiger charge is -2.01. The van der Waals surface area contributed by atoms with E-state index in [4.69, 9.17) is 25.4 Å². The Bertz CT molecular complexity index is 1310. The summed E-state index contributed by atoms with van der Waals surface area (Å²) in [6.45, 7) is 0. The number of hydrogen-bond donors (Lipinski definition) is 0. The smallest absolute Gasteiger partial charge is 0.227 e. The average molecular weight is 344 g/mol. The second-order valence-electron chi connectivity index (χ2n) is 6.16. The largest absolute Gasteiger partial charge is 0.456 e. The molecule has 25 heavy (non-hydrogen) atoms. The minimum atomic E-state index is 0.595. The molecule has 6 rings (SSSR count). The topological polar surface area (TPSA) is 39.2 Å².